The average molecular weight is 457 g/mol. The van der Waals surface area contributed by atoms with E-state index in [-0.39, 0.29) is 23.5 Å². The van der Waals surface area contributed by atoms with Gasteiger partial charge in [-0.15, -0.1) is 0 Å². The number of carbonyl (C=O) groups excluding carboxylic acids is 1. The molecule has 1 amide bonds. The number of alkyl halides is 3. The largest absolute Gasteiger partial charge is 0.489 e. The van der Waals surface area contributed by atoms with E-state index in [2.05, 4.69) is 20.6 Å². The molecule has 11 heteroatoms. The third kappa shape index (κ3) is 4.86. The fourth-order valence-corrected chi connectivity index (χ4v) is 3.11. The van der Waals surface area contributed by atoms with Crippen molar-refractivity contribution in [1.82, 2.24) is 19.9 Å². The Balaban J connectivity index is 1.52. The SMILES string of the molecule is Cc1noc(C)c1COc1ccc(C(=O)Nc2cc(C(F)(F)F)ccc2-n2cncn2)cc1. The number of nitrogens with zero attached hydrogens (tertiary/aromatic N) is 4. The summed E-state index contributed by atoms with van der Waals surface area (Å²) >= 11 is 0. The number of hydrogen-bond donors (Lipinski definition) is 1. The third-order valence-corrected chi connectivity index (χ3v) is 4.92. The Morgan fingerprint density at radius 2 is 1.91 bits per heavy atom. The molecule has 33 heavy (non-hydrogen) atoms. The van der Waals surface area contributed by atoms with Crippen molar-refractivity contribution in [3.63, 3.8) is 0 Å². The molecule has 0 saturated carbocycles. The van der Waals surface area contributed by atoms with Crippen molar-refractivity contribution in [3.8, 4) is 11.4 Å². The number of aromatic nitrogens is 4. The first-order chi connectivity index (χ1) is 15.7. The van der Waals surface area contributed by atoms with Crippen molar-refractivity contribution in [2.75, 3.05) is 5.32 Å². The van der Waals surface area contributed by atoms with Crippen LogP contribution in [0.3, 0.4) is 0 Å². The van der Waals surface area contributed by atoms with Crippen LogP contribution in [0.2, 0.25) is 0 Å². The maximum atomic E-state index is 13.2. The minimum Gasteiger partial charge on any atom is -0.489 e. The molecule has 4 rings (SSSR count). The van der Waals surface area contributed by atoms with Gasteiger partial charge < -0.3 is 14.6 Å². The summed E-state index contributed by atoms with van der Waals surface area (Å²) in [6.45, 7) is 3.84. The second-order valence-electron chi connectivity index (χ2n) is 7.14. The molecule has 0 radical (unpaired) electrons. The predicted octanol–water partition coefficient (Wildman–Crippen LogP) is 4.72. The average Bonchev–Trinajstić information content (AvgIpc) is 3.42. The van der Waals surface area contributed by atoms with E-state index < -0.39 is 17.6 Å². The van der Waals surface area contributed by atoms with E-state index in [1.807, 2.05) is 6.92 Å². The van der Waals surface area contributed by atoms with Crippen LogP contribution in [-0.4, -0.2) is 25.8 Å². The van der Waals surface area contributed by atoms with Crippen LogP contribution in [0.4, 0.5) is 18.9 Å². The fourth-order valence-electron chi connectivity index (χ4n) is 3.11. The van der Waals surface area contributed by atoms with Crippen LogP contribution in [0, 0.1) is 13.8 Å². The summed E-state index contributed by atoms with van der Waals surface area (Å²) in [5.74, 6) is 0.578. The van der Waals surface area contributed by atoms with Gasteiger partial charge in [0.1, 0.15) is 30.8 Å². The number of carbonyl (C=O) groups is 1. The maximum Gasteiger partial charge on any atom is 0.416 e. The molecule has 0 aliphatic heterocycles. The lowest BCUT2D eigenvalue weighted by Crippen LogP contribution is -2.15. The minimum absolute atomic E-state index is 0.0564. The standard InChI is InChI=1S/C22H18F3N5O3/c1-13-18(14(2)33-29-13)10-32-17-6-3-15(4-7-17)21(31)28-19-9-16(22(23,24)25)5-8-20(19)30-12-26-11-27-30/h3-9,11-12H,10H2,1-2H3,(H,28,31). The van der Waals surface area contributed by atoms with Crippen molar-refractivity contribution >= 4 is 11.6 Å². The highest BCUT2D eigenvalue weighted by atomic mass is 19.4. The highest BCUT2D eigenvalue weighted by Crippen LogP contribution is 2.33. The van der Waals surface area contributed by atoms with Crippen molar-refractivity contribution in [2.24, 2.45) is 0 Å². The van der Waals surface area contributed by atoms with E-state index >= 15 is 0 Å². The van der Waals surface area contributed by atoms with E-state index in [0.717, 1.165) is 23.4 Å². The second-order valence-corrected chi connectivity index (χ2v) is 7.14. The van der Waals surface area contributed by atoms with E-state index in [1.54, 1.807) is 19.1 Å². The number of hydrogen-bond acceptors (Lipinski definition) is 6. The zero-order valence-electron chi connectivity index (χ0n) is 17.6. The van der Waals surface area contributed by atoms with Gasteiger partial charge in [0.15, 0.2) is 0 Å². The normalized spacial score (nSPS) is 11.4. The molecule has 0 unspecified atom stereocenters. The highest BCUT2D eigenvalue weighted by molar-refractivity contribution is 6.05. The molecule has 1 N–H and O–H groups in total. The lowest BCUT2D eigenvalue weighted by molar-refractivity contribution is -0.137. The van der Waals surface area contributed by atoms with Crippen molar-refractivity contribution < 1.29 is 27.2 Å². The maximum absolute atomic E-state index is 13.2. The number of nitrogens with one attached hydrogen (secondary N) is 1. The number of halogens is 3. The van der Waals surface area contributed by atoms with Gasteiger partial charge in [-0.2, -0.15) is 18.3 Å². The molecular weight excluding hydrogens is 439 g/mol. The van der Waals surface area contributed by atoms with Crippen LogP contribution in [0.25, 0.3) is 5.69 Å². The number of benzene rings is 2. The van der Waals surface area contributed by atoms with Crippen LogP contribution in [-0.2, 0) is 12.8 Å². The van der Waals surface area contributed by atoms with Crippen LogP contribution in [0.1, 0.15) is 32.9 Å². The van der Waals surface area contributed by atoms with Crippen molar-refractivity contribution in [1.29, 1.82) is 0 Å². The molecule has 8 nitrogen and oxygen atoms in total. The Bertz CT molecular complexity index is 1250. The first kappa shape index (κ1) is 22.1. The predicted molar refractivity (Wildman–Crippen MR) is 111 cm³/mol. The molecule has 2 aromatic heterocycles. The Hall–Kier alpha value is -4.15. The van der Waals surface area contributed by atoms with Gasteiger partial charge in [-0.1, -0.05) is 5.16 Å². The quantitative estimate of drug-likeness (QED) is 0.450. The molecular formula is C22H18F3N5O3. The van der Waals surface area contributed by atoms with E-state index in [4.69, 9.17) is 9.26 Å². The number of ether oxygens (including phenoxy) is 1. The number of anilines is 1. The number of rotatable bonds is 6. The molecule has 0 spiro atoms. The van der Waals surface area contributed by atoms with Crippen molar-refractivity contribution in [2.45, 2.75) is 26.6 Å². The molecule has 170 valence electrons. The summed E-state index contributed by atoms with van der Waals surface area (Å²) in [6, 6.07) is 9.21. The Kier molecular flexibility index (Phi) is 5.86. The fraction of sp³-hybridized carbons (Fsp3) is 0.182. The highest BCUT2D eigenvalue weighted by Gasteiger charge is 2.31. The van der Waals surface area contributed by atoms with Gasteiger partial charge in [0.05, 0.1) is 28.2 Å². The summed E-state index contributed by atoms with van der Waals surface area (Å²) < 4.78 is 51.7. The van der Waals surface area contributed by atoms with E-state index in [9.17, 15) is 18.0 Å². The second kappa shape index (κ2) is 8.77. The molecule has 0 saturated heterocycles. The van der Waals surface area contributed by atoms with Crippen LogP contribution >= 0.6 is 0 Å². The minimum atomic E-state index is -4.57. The van der Waals surface area contributed by atoms with E-state index in [1.165, 1.54) is 35.5 Å². The zero-order valence-corrected chi connectivity index (χ0v) is 17.6. The van der Waals surface area contributed by atoms with Gasteiger partial charge in [-0.3, -0.25) is 4.79 Å². The van der Waals surface area contributed by atoms with Crippen LogP contribution in [0.5, 0.6) is 5.75 Å². The summed E-state index contributed by atoms with van der Waals surface area (Å²) in [4.78, 5) is 16.5. The van der Waals surface area contributed by atoms with Gasteiger partial charge in [0.25, 0.3) is 5.91 Å². The zero-order chi connectivity index (χ0) is 23.6. The van der Waals surface area contributed by atoms with Crippen LogP contribution in [0.15, 0.2) is 59.6 Å². The molecule has 2 heterocycles. The lowest BCUT2D eigenvalue weighted by Gasteiger charge is -2.14. The van der Waals surface area contributed by atoms with Gasteiger partial charge >= 0.3 is 6.18 Å². The summed E-state index contributed by atoms with van der Waals surface area (Å²) in [5, 5.41) is 10.3. The molecule has 0 aliphatic rings. The van der Waals surface area contributed by atoms with E-state index in [0.29, 0.717) is 11.5 Å². The smallest absolute Gasteiger partial charge is 0.416 e. The van der Waals surface area contributed by atoms with Crippen LogP contribution < -0.4 is 10.1 Å². The van der Waals surface area contributed by atoms with Gasteiger partial charge in [-0.05, 0) is 56.3 Å². The summed E-state index contributed by atoms with van der Waals surface area (Å²) in [7, 11) is 0. The summed E-state index contributed by atoms with van der Waals surface area (Å²) in [6.07, 6.45) is -2.01. The number of aryl methyl sites for hydroxylation is 2. The molecule has 0 aliphatic carbocycles. The first-order valence-corrected chi connectivity index (χ1v) is 9.74. The van der Waals surface area contributed by atoms with Crippen molar-refractivity contribution in [3.05, 3.63) is 83.3 Å². The number of amides is 1. The van der Waals surface area contributed by atoms with Gasteiger partial charge in [0.2, 0.25) is 0 Å². The third-order valence-electron chi connectivity index (χ3n) is 4.92. The topological polar surface area (TPSA) is 95.1 Å². The van der Waals surface area contributed by atoms with Gasteiger partial charge in [-0.25, -0.2) is 9.67 Å². The molecule has 2 aromatic carbocycles. The van der Waals surface area contributed by atoms with Gasteiger partial charge in [0, 0.05) is 5.56 Å². The molecule has 4 aromatic rings. The molecule has 0 bridgehead atoms. The Labute approximate surface area is 186 Å². The lowest BCUT2D eigenvalue weighted by atomic mass is 10.1. The molecule has 0 atom stereocenters. The first-order valence-electron chi connectivity index (χ1n) is 9.74. The summed E-state index contributed by atoms with van der Waals surface area (Å²) in [5.41, 5.74) is 1.09. The molecule has 0 fully saturated rings. The monoisotopic (exact) mass is 457 g/mol. The Morgan fingerprint density at radius 1 is 1.15 bits per heavy atom. The Morgan fingerprint density at radius 3 is 2.52 bits per heavy atom.